The molecule has 3 fully saturated rings. The van der Waals surface area contributed by atoms with E-state index in [0.29, 0.717) is 18.5 Å². The van der Waals surface area contributed by atoms with Crippen LogP contribution in [0.15, 0.2) is 40.9 Å². The van der Waals surface area contributed by atoms with Crippen LogP contribution in [0.25, 0.3) is 11.3 Å². The molecule has 174 valence electrons. The van der Waals surface area contributed by atoms with E-state index in [9.17, 15) is 14.4 Å². The Hall–Kier alpha value is -3.20. The maximum atomic E-state index is 12.4. The minimum absolute atomic E-state index is 0.0542. The molecule has 0 unspecified atom stereocenters. The highest BCUT2D eigenvalue weighted by molar-refractivity contribution is 5.93. The van der Waals surface area contributed by atoms with Crippen LogP contribution in [-0.4, -0.2) is 53.5 Å². The molecular formula is C24H29N5O4. The van der Waals surface area contributed by atoms with E-state index in [4.69, 9.17) is 4.52 Å². The predicted molar refractivity (Wildman–Crippen MR) is 119 cm³/mol. The zero-order valence-corrected chi connectivity index (χ0v) is 18.5. The fraction of sp³-hybridized carbons (Fsp3) is 0.500. The number of aromatic nitrogens is 1. The van der Waals surface area contributed by atoms with Crippen molar-refractivity contribution in [2.24, 2.45) is 17.8 Å². The lowest BCUT2D eigenvalue weighted by Crippen LogP contribution is -2.59. The molecule has 3 amide bonds. The number of carbonyl (C=O) groups is 3. The molecular weight excluding hydrogens is 422 g/mol. The van der Waals surface area contributed by atoms with E-state index in [0.717, 1.165) is 31.1 Å². The Morgan fingerprint density at radius 3 is 2.36 bits per heavy atom. The van der Waals surface area contributed by atoms with Crippen molar-refractivity contribution >= 4 is 17.7 Å². The van der Waals surface area contributed by atoms with E-state index in [1.165, 1.54) is 19.3 Å². The SMILES string of the molecule is O=C(NC1CC(C(=O)NNC(=O)C2CN(CC3CCC3)C2)C1)c1cc(-c2ccccc2)no1. The van der Waals surface area contributed by atoms with Gasteiger partial charge in [-0.05, 0) is 31.6 Å². The molecule has 0 bridgehead atoms. The number of rotatable bonds is 7. The highest BCUT2D eigenvalue weighted by atomic mass is 16.5. The van der Waals surface area contributed by atoms with Crippen molar-refractivity contribution in [2.75, 3.05) is 19.6 Å². The Morgan fingerprint density at radius 2 is 1.70 bits per heavy atom. The number of carbonyl (C=O) groups excluding carboxylic acids is 3. The molecule has 33 heavy (non-hydrogen) atoms. The van der Waals surface area contributed by atoms with Gasteiger partial charge in [0.25, 0.3) is 5.91 Å². The van der Waals surface area contributed by atoms with Crippen molar-refractivity contribution in [3.05, 3.63) is 42.2 Å². The molecule has 5 rings (SSSR count). The van der Waals surface area contributed by atoms with Gasteiger partial charge in [-0.1, -0.05) is 41.9 Å². The zero-order chi connectivity index (χ0) is 22.8. The molecule has 0 spiro atoms. The summed E-state index contributed by atoms with van der Waals surface area (Å²) < 4.78 is 5.17. The largest absolute Gasteiger partial charge is 0.350 e. The number of nitrogens with one attached hydrogen (secondary N) is 3. The smallest absolute Gasteiger partial charge is 0.290 e. The number of hydrogen-bond donors (Lipinski definition) is 3. The van der Waals surface area contributed by atoms with Gasteiger partial charge in [0.15, 0.2) is 0 Å². The van der Waals surface area contributed by atoms with E-state index >= 15 is 0 Å². The second-order valence-corrected chi connectivity index (χ2v) is 9.47. The van der Waals surface area contributed by atoms with Gasteiger partial charge in [0, 0.05) is 43.2 Å². The number of nitrogens with zero attached hydrogens (tertiary/aromatic N) is 2. The standard InChI is InChI=1S/C24H29N5O4/c30-22(26-27-23(31)18-13-29(14-18)12-15-5-4-6-15)17-9-19(10-17)25-24(32)21-11-20(28-33-21)16-7-2-1-3-8-16/h1-3,7-8,11,15,17-19H,4-6,9-10,12-14H2,(H,25,32)(H,26,30)(H,27,31). The summed E-state index contributed by atoms with van der Waals surface area (Å²) in [4.78, 5) is 39.2. The van der Waals surface area contributed by atoms with Crippen molar-refractivity contribution in [3.63, 3.8) is 0 Å². The highest BCUT2D eigenvalue weighted by Gasteiger charge is 2.38. The number of likely N-dealkylation sites (tertiary alicyclic amines) is 1. The van der Waals surface area contributed by atoms with Crippen LogP contribution >= 0.6 is 0 Å². The molecule has 1 aromatic heterocycles. The summed E-state index contributed by atoms with van der Waals surface area (Å²) in [5, 5.41) is 6.82. The zero-order valence-electron chi connectivity index (χ0n) is 18.5. The molecule has 2 saturated carbocycles. The summed E-state index contributed by atoms with van der Waals surface area (Å²) in [5.74, 6) is -0.0412. The molecule has 9 nitrogen and oxygen atoms in total. The van der Waals surface area contributed by atoms with Crippen molar-refractivity contribution in [3.8, 4) is 11.3 Å². The molecule has 1 saturated heterocycles. The molecule has 2 aliphatic carbocycles. The van der Waals surface area contributed by atoms with Crippen molar-refractivity contribution in [1.29, 1.82) is 0 Å². The van der Waals surface area contributed by atoms with Crippen LogP contribution in [0.1, 0.15) is 42.7 Å². The second-order valence-electron chi connectivity index (χ2n) is 9.47. The number of hydrogen-bond acceptors (Lipinski definition) is 6. The lowest BCUT2D eigenvalue weighted by molar-refractivity contribution is -0.137. The van der Waals surface area contributed by atoms with Crippen LogP contribution in [-0.2, 0) is 9.59 Å². The number of benzene rings is 1. The van der Waals surface area contributed by atoms with Gasteiger partial charge in [0.1, 0.15) is 5.69 Å². The van der Waals surface area contributed by atoms with Crippen LogP contribution in [0.3, 0.4) is 0 Å². The number of hydrazine groups is 1. The summed E-state index contributed by atoms with van der Waals surface area (Å²) in [6, 6.07) is 11.0. The third kappa shape index (κ3) is 4.93. The minimum Gasteiger partial charge on any atom is -0.350 e. The van der Waals surface area contributed by atoms with Crippen LogP contribution < -0.4 is 16.2 Å². The van der Waals surface area contributed by atoms with Gasteiger partial charge < -0.3 is 14.7 Å². The number of amides is 3. The van der Waals surface area contributed by atoms with Gasteiger partial charge in [-0.2, -0.15) is 0 Å². The quantitative estimate of drug-likeness (QED) is 0.552. The van der Waals surface area contributed by atoms with Crippen molar-refractivity contribution in [1.82, 2.24) is 26.2 Å². The molecule has 1 aromatic carbocycles. The molecule has 0 atom stereocenters. The van der Waals surface area contributed by atoms with E-state index in [1.807, 2.05) is 30.3 Å². The van der Waals surface area contributed by atoms with Gasteiger partial charge in [-0.3, -0.25) is 25.2 Å². The first-order valence-electron chi connectivity index (χ1n) is 11.7. The lowest BCUT2D eigenvalue weighted by Gasteiger charge is -2.42. The summed E-state index contributed by atoms with van der Waals surface area (Å²) >= 11 is 0. The fourth-order valence-electron chi connectivity index (χ4n) is 4.59. The van der Waals surface area contributed by atoms with E-state index < -0.39 is 0 Å². The van der Waals surface area contributed by atoms with Crippen LogP contribution in [0, 0.1) is 17.8 Å². The van der Waals surface area contributed by atoms with Crippen molar-refractivity contribution in [2.45, 2.75) is 38.1 Å². The summed E-state index contributed by atoms with van der Waals surface area (Å²) in [7, 11) is 0. The van der Waals surface area contributed by atoms with E-state index in [1.54, 1.807) is 6.07 Å². The van der Waals surface area contributed by atoms with Gasteiger partial charge in [-0.15, -0.1) is 0 Å². The Bertz CT molecular complexity index is 1010. The first kappa shape index (κ1) is 21.6. The first-order chi connectivity index (χ1) is 16.0. The topological polar surface area (TPSA) is 117 Å². The summed E-state index contributed by atoms with van der Waals surface area (Å²) in [6.07, 6.45) is 4.98. The monoisotopic (exact) mass is 451 g/mol. The molecule has 2 aromatic rings. The predicted octanol–water partition coefficient (Wildman–Crippen LogP) is 1.73. The Labute approximate surface area is 192 Å². The van der Waals surface area contributed by atoms with Gasteiger partial charge >= 0.3 is 0 Å². The average Bonchev–Trinajstić information content (AvgIpc) is 3.23. The normalized spacial score (nSPS) is 23.0. The summed E-state index contributed by atoms with van der Waals surface area (Å²) in [5.41, 5.74) is 6.57. The Kier molecular flexibility index (Phi) is 6.13. The van der Waals surface area contributed by atoms with Crippen LogP contribution in [0.2, 0.25) is 0 Å². The Morgan fingerprint density at radius 1 is 1.00 bits per heavy atom. The van der Waals surface area contributed by atoms with E-state index in [-0.39, 0.29) is 41.4 Å². The fourth-order valence-corrected chi connectivity index (χ4v) is 4.59. The second kappa shape index (κ2) is 9.35. The third-order valence-electron chi connectivity index (χ3n) is 7.03. The maximum absolute atomic E-state index is 12.4. The first-order valence-corrected chi connectivity index (χ1v) is 11.7. The molecule has 0 radical (unpaired) electrons. The highest BCUT2D eigenvalue weighted by Crippen LogP contribution is 2.30. The third-order valence-corrected chi connectivity index (χ3v) is 7.03. The van der Waals surface area contributed by atoms with Gasteiger partial charge in [0.05, 0.1) is 5.92 Å². The molecule has 2 heterocycles. The molecule has 3 aliphatic rings. The lowest BCUT2D eigenvalue weighted by atomic mass is 9.79. The maximum Gasteiger partial charge on any atom is 0.290 e. The van der Waals surface area contributed by atoms with Gasteiger partial charge in [0.2, 0.25) is 17.6 Å². The summed E-state index contributed by atoms with van der Waals surface area (Å²) in [6.45, 7) is 2.62. The van der Waals surface area contributed by atoms with Gasteiger partial charge in [-0.25, -0.2) is 0 Å². The molecule has 1 aliphatic heterocycles. The van der Waals surface area contributed by atoms with Crippen LogP contribution in [0.4, 0.5) is 0 Å². The minimum atomic E-state index is -0.349. The average molecular weight is 452 g/mol. The molecule has 9 heteroatoms. The van der Waals surface area contributed by atoms with Crippen molar-refractivity contribution < 1.29 is 18.9 Å². The van der Waals surface area contributed by atoms with E-state index in [2.05, 4.69) is 26.2 Å². The molecule has 3 N–H and O–H groups in total. The Balaban J connectivity index is 0.990. The van der Waals surface area contributed by atoms with Crippen LogP contribution in [0.5, 0.6) is 0 Å².